The van der Waals surface area contributed by atoms with Gasteiger partial charge in [-0.3, -0.25) is 14.4 Å². The van der Waals surface area contributed by atoms with Crippen molar-refractivity contribution in [3.05, 3.63) is 47.5 Å². The summed E-state index contributed by atoms with van der Waals surface area (Å²) in [6.07, 6.45) is 10.8. The van der Waals surface area contributed by atoms with Crippen LogP contribution in [0.2, 0.25) is 0 Å². The first kappa shape index (κ1) is 31.6. The Balaban J connectivity index is 1.45. The van der Waals surface area contributed by atoms with Gasteiger partial charge in [0.05, 0.1) is 19.4 Å². The van der Waals surface area contributed by atoms with Crippen molar-refractivity contribution < 1.29 is 28.8 Å². The van der Waals surface area contributed by atoms with Gasteiger partial charge in [0.2, 0.25) is 5.78 Å². The van der Waals surface area contributed by atoms with Gasteiger partial charge in [0.15, 0.2) is 5.78 Å². The molecule has 0 aliphatic heterocycles. The minimum atomic E-state index is -0.463. The van der Waals surface area contributed by atoms with E-state index in [0.29, 0.717) is 11.1 Å². The van der Waals surface area contributed by atoms with Gasteiger partial charge in [-0.05, 0) is 81.8 Å². The smallest absolute Gasteiger partial charge is 0.335 e. The lowest BCUT2D eigenvalue weighted by atomic mass is 9.83. The number of aryl methyl sites for hydroxylation is 1. The normalized spacial score (nSPS) is 16.7. The van der Waals surface area contributed by atoms with E-state index in [1.54, 1.807) is 13.0 Å². The molecule has 0 radical (unpaired) electrons. The largest absolute Gasteiger partial charge is 0.466 e. The number of rotatable bonds is 12. The highest BCUT2D eigenvalue weighted by Gasteiger charge is 2.25. The summed E-state index contributed by atoms with van der Waals surface area (Å²) in [5.41, 5.74) is 3.05. The average molecular weight is 601 g/mol. The molecular formula is C36H44N2O6. The number of ketones is 2. The van der Waals surface area contributed by atoms with Crippen LogP contribution in [0, 0.1) is 11.8 Å². The van der Waals surface area contributed by atoms with Crippen LogP contribution in [0.4, 0.5) is 0 Å². The molecule has 2 fully saturated rings. The second-order valence-electron chi connectivity index (χ2n) is 12.3. The molecule has 0 atom stereocenters. The molecule has 8 nitrogen and oxygen atoms in total. The second-order valence-corrected chi connectivity index (χ2v) is 12.3. The molecule has 0 saturated heterocycles. The quantitative estimate of drug-likeness (QED) is 0.0686. The van der Waals surface area contributed by atoms with Crippen molar-refractivity contribution in [1.29, 1.82) is 0 Å². The van der Waals surface area contributed by atoms with Gasteiger partial charge in [-0.1, -0.05) is 43.7 Å². The van der Waals surface area contributed by atoms with Crippen LogP contribution in [0.1, 0.15) is 118 Å². The van der Waals surface area contributed by atoms with Gasteiger partial charge in [-0.25, -0.2) is 4.79 Å². The first-order chi connectivity index (χ1) is 21.4. The molecule has 0 unspecified atom stereocenters. The van der Waals surface area contributed by atoms with E-state index >= 15 is 0 Å². The summed E-state index contributed by atoms with van der Waals surface area (Å²) in [7, 11) is 0. The summed E-state index contributed by atoms with van der Waals surface area (Å²) in [6.45, 7) is 4.76. The van der Waals surface area contributed by atoms with Crippen molar-refractivity contribution in [2.75, 3.05) is 6.61 Å². The summed E-state index contributed by atoms with van der Waals surface area (Å²) in [4.78, 5) is 57.2. The topological polar surface area (TPSA) is 104 Å². The minimum absolute atomic E-state index is 0.00166. The second kappa shape index (κ2) is 14.8. The van der Waals surface area contributed by atoms with Crippen LogP contribution in [-0.4, -0.2) is 40.4 Å². The molecule has 3 aromatic rings. The number of oxime groups is 1. The van der Waals surface area contributed by atoms with Crippen molar-refractivity contribution >= 4 is 51.0 Å². The summed E-state index contributed by atoms with van der Waals surface area (Å²) in [6, 6.07) is 11.4. The molecule has 8 heteroatoms. The van der Waals surface area contributed by atoms with Crippen LogP contribution in [0.25, 0.3) is 21.8 Å². The zero-order valence-electron chi connectivity index (χ0n) is 26.1. The number of fused-ring (bicyclic) bond motifs is 3. The predicted molar refractivity (Wildman–Crippen MR) is 171 cm³/mol. The number of ether oxygens (including phenoxy) is 1. The van der Waals surface area contributed by atoms with Crippen LogP contribution >= 0.6 is 0 Å². The number of hydrogen-bond donors (Lipinski definition) is 0. The third-order valence-corrected chi connectivity index (χ3v) is 9.27. The molecule has 0 amide bonds. The Morgan fingerprint density at radius 2 is 1.39 bits per heavy atom. The van der Waals surface area contributed by atoms with Crippen LogP contribution in [0.5, 0.6) is 0 Å². The first-order valence-electron chi connectivity index (χ1n) is 16.5. The van der Waals surface area contributed by atoms with E-state index < -0.39 is 17.7 Å². The van der Waals surface area contributed by atoms with Crippen LogP contribution in [0.15, 0.2) is 41.6 Å². The summed E-state index contributed by atoms with van der Waals surface area (Å²) in [5, 5.41) is 5.79. The van der Waals surface area contributed by atoms with E-state index in [2.05, 4.69) is 16.6 Å². The van der Waals surface area contributed by atoms with E-state index in [-0.39, 0.29) is 49.2 Å². The van der Waals surface area contributed by atoms with Crippen molar-refractivity contribution in [2.24, 2.45) is 17.0 Å². The van der Waals surface area contributed by atoms with Crippen molar-refractivity contribution in [3.63, 3.8) is 0 Å². The molecule has 2 aromatic carbocycles. The van der Waals surface area contributed by atoms with Gasteiger partial charge < -0.3 is 14.1 Å². The Morgan fingerprint density at radius 3 is 2.02 bits per heavy atom. The highest BCUT2D eigenvalue weighted by atomic mass is 16.7. The van der Waals surface area contributed by atoms with Gasteiger partial charge in [-0.15, -0.1) is 0 Å². The average Bonchev–Trinajstić information content (AvgIpc) is 3.37. The van der Waals surface area contributed by atoms with Crippen molar-refractivity contribution in [1.82, 2.24) is 4.57 Å². The lowest BCUT2D eigenvalue weighted by Gasteiger charge is -2.20. The Hall–Kier alpha value is -3.81. The number of aromatic nitrogens is 1. The molecule has 0 spiro atoms. The highest BCUT2D eigenvalue weighted by Crippen LogP contribution is 2.33. The summed E-state index contributed by atoms with van der Waals surface area (Å²) in [5.74, 6) is -0.781. The van der Waals surface area contributed by atoms with Gasteiger partial charge in [0.25, 0.3) is 0 Å². The highest BCUT2D eigenvalue weighted by molar-refractivity contribution is 6.46. The number of hydrogen-bond acceptors (Lipinski definition) is 7. The maximum atomic E-state index is 13.8. The van der Waals surface area contributed by atoms with E-state index in [1.807, 2.05) is 30.3 Å². The molecule has 2 saturated carbocycles. The van der Waals surface area contributed by atoms with E-state index in [4.69, 9.17) is 9.57 Å². The fourth-order valence-electron chi connectivity index (χ4n) is 6.93. The molecule has 0 bridgehead atoms. The van der Waals surface area contributed by atoms with Gasteiger partial charge in [-0.2, -0.15) is 0 Å². The molecule has 44 heavy (non-hydrogen) atoms. The standard InChI is InChI=1S/C36H44N2O6/c1-3-38-31-18-15-26(35(41)25-13-9-6-10-14-25)22-28(31)29-23-27(16-19-32(29)38)36(42)30(17-20-33(39)43-4-2)37-44-34(40)21-24-11-7-5-8-12-24/h15-16,18-19,22-25H,3-14,17,20-21H2,1-2H3. The Morgan fingerprint density at radius 1 is 0.773 bits per heavy atom. The van der Waals surface area contributed by atoms with Crippen LogP contribution in [0.3, 0.4) is 0 Å². The molecule has 2 aliphatic carbocycles. The minimum Gasteiger partial charge on any atom is -0.466 e. The SMILES string of the molecule is CCOC(=O)CCC(=NOC(=O)CC1CCCCC1)C(=O)c1ccc2c(c1)c1cc(C(=O)C3CCCCC3)ccc1n2CC. The Labute approximate surface area is 259 Å². The third kappa shape index (κ3) is 7.28. The molecule has 5 rings (SSSR count). The van der Waals surface area contributed by atoms with E-state index in [9.17, 15) is 19.2 Å². The monoisotopic (exact) mass is 600 g/mol. The summed E-state index contributed by atoms with van der Waals surface area (Å²) < 4.78 is 7.23. The zero-order chi connectivity index (χ0) is 31.1. The number of benzene rings is 2. The molecular weight excluding hydrogens is 556 g/mol. The zero-order valence-corrected chi connectivity index (χ0v) is 26.1. The number of Topliss-reactive ketones (excluding diaryl/α,β-unsaturated/α-hetero) is 2. The summed E-state index contributed by atoms with van der Waals surface area (Å²) >= 11 is 0. The molecule has 1 heterocycles. The molecule has 2 aliphatic rings. The van der Waals surface area contributed by atoms with Crippen LogP contribution in [-0.2, 0) is 25.7 Å². The van der Waals surface area contributed by atoms with Crippen molar-refractivity contribution in [3.8, 4) is 0 Å². The Kier molecular flexibility index (Phi) is 10.6. The molecule has 0 N–H and O–H groups in total. The number of carbonyl (C=O) groups excluding carboxylic acids is 4. The van der Waals surface area contributed by atoms with E-state index in [1.165, 1.54) is 12.8 Å². The van der Waals surface area contributed by atoms with Gasteiger partial charge in [0, 0.05) is 51.8 Å². The van der Waals surface area contributed by atoms with Gasteiger partial charge >= 0.3 is 11.9 Å². The lowest BCUT2D eigenvalue weighted by molar-refractivity contribution is -0.145. The predicted octanol–water partition coefficient (Wildman–Crippen LogP) is 7.97. The van der Waals surface area contributed by atoms with Crippen LogP contribution < -0.4 is 0 Å². The lowest BCUT2D eigenvalue weighted by Crippen LogP contribution is -2.19. The fraction of sp³-hybridized carbons (Fsp3) is 0.528. The van der Waals surface area contributed by atoms with Crippen molar-refractivity contribution in [2.45, 2.75) is 104 Å². The molecule has 1 aromatic heterocycles. The number of nitrogens with zero attached hydrogens (tertiary/aromatic N) is 2. The molecule has 234 valence electrons. The third-order valence-electron chi connectivity index (χ3n) is 9.27. The number of carbonyl (C=O) groups is 4. The number of esters is 1. The maximum Gasteiger partial charge on any atom is 0.335 e. The van der Waals surface area contributed by atoms with E-state index in [0.717, 1.165) is 79.7 Å². The fourth-order valence-corrected chi connectivity index (χ4v) is 6.93. The van der Waals surface area contributed by atoms with Gasteiger partial charge in [0.1, 0.15) is 5.71 Å². The first-order valence-corrected chi connectivity index (χ1v) is 16.5. The Bertz CT molecular complexity index is 1560. The maximum absolute atomic E-state index is 13.8.